The van der Waals surface area contributed by atoms with Crippen LogP contribution >= 0.6 is 0 Å². The van der Waals surface area contributed by atoms with Gasteiger partial charge in [0.1, 0.15) is 0 Å². The Hall–Kier alpha value is -0.160. The van der Waals surface area contributed by atoms with E-state index in [1.807, 2.05) is 0 Å². The summed E-state index contributed by atoms with van der Waals surface area (Å²) in [5, 5.41) is 13.5. The molecule has 2 fully saturated rings. The average molecular weight is 298 g/mol. The molecule has 4 unspecified atom stereocenters. The topological polar surface area (TPSA) is 44.7 Å². The van der Waals surface area contributed by atoms with Crippen molar-refractivity contribution < 1.29 is 9.84 Å². The standard InChI is InChI=1S/C17H34N2O2/c1-3-15-6-4-5-7-17(15)21-13-16(20)11-18-10-14-8-9-19(2)12-14/h14-18,20H,3-13H2,1-2H3. The van der Waals surface area contributed by atoms with E-state index >= 15 is 0 Å². The summed E-state index contributed by atoms with van der Waals surface area (Å²) in [6.45, 7) is 6.80. The smallest absolute Gasteiger partial charge is 0.0897 e. The van der Waals surface area contributed by atoms with Crippen LogP contribution in [0, 0.1) is 11.8 Å². The van der Waals surface area contributed by atoms with E-state index in [0.29, 0.717) is 25.2 Å². The molecule has 4 heteroatoms. The lowest BCUT2D eigenvalue weighted by atomic mass is 9.85. The van der Waals surface area contributed by atoms with E-state index < -0.39 is 0 Å². The zero-order chi connectivity index (χ0) is 15.1. The molecule has 1 saturated carbocycles. The first-order chi connectivity index (χ1) is 10.2. The number of aliphatic hydroxyl groups is 1. The molecule has 1 aliphatic heterocycles. The van der Waals surface area contributed by atoms with Crippen molar-refractivity contribution in [1.82, 2.24) is 10.2 Å². The Bertz CT molecular complexity index is 288. The molecule has 21 heavy (non-hydrogen) atoms. The summed E-state index contributed by atoms with van der Waals surface area (Å²) in [5.41, 5.74) is 0. The number of nitrogens with one attached hydrogen (secondary N) is 1. The zero-order valence-electron chi connectivity index (χ0n) is 13.9. The SMILES string of the molecule is CCC1CCCCC1OCC(O)CNCC1CCN(C)C1. The van der Waals surface area contributed by atoms with Gasteiger partial charge < -0.3 is 20.1 Å². The highest BCUT2D eigenvalue weighted by Crippen LogP contribution is 2.29. The molecule has 0 aromatic rings. The minimum Gasteiger partial charge on any atom is -0.389 e. The van der Waals surface area contributed by atoms with Crippen molar-refractivity contribution in [3.05, 3.63) is 0 Å². The first kappa shape index (κ1) is 17.2. The summed E-state index contributed by atoms with van der Waals surface area (Å²) in [7, 11) is 2.18. The maximum Gasteiger partial charge on any atom is 0.0897 e. The maximum atomic E-state index is 10.1. The molecule has 0 bridgehead atoms. The number of hydrogen-bond acceptors (Lipinski definition) is 4. The molecule has 4 nitrogen and oxygen atoms in total. The predicted molar refractivity (Wildman–Crippen MR) is 86.5 cm³/mol. The molecule has 2 aliphatic rings. The summed E-state index contributed by atoms with van der Waals surface area (Å²) in [5.74, 6) is 1.44. The molecule has 4 atom stereocenters. The quantitative estimate of drug-likeness (QED) is 0.718. The van der Waals surface area contributed by atoms with Gasteiger partial charge in [0.2, 0.25) is 0 Å². The van der Waals surface area contributed by atoms with E-state index in [-0.39, 0.29) is 6.10 Å². The van der Waals surface area contributed by atoms with Crippen molar-refractivity contribution >= 4 is 0 Å². The maximum absolute atomic E-state index is 10.1. The molecule has 0 aromatic heterocycles. The minimum absolute atomic E-state index is 0.372. The molecule has 2 rings (SSSR count). The van der Waals surface area contributed by atoms with Crippen molar-refractivity contribution in [3.8, 4) is 0 Å². The van der Waals surface area contributed by atoms with Crippen LogP contribution in [0.2, 0.25) is 0 Å². The van der Waals surface area contributed by atoms with Gasteiger partial charge in [-0.15, -0.1) is 0 Å². The lowest BCUT2D eigenvalue weighted by Gasteiger charge is -2.31. The van der Waals surface area contributed by atoms with Gasteiger partial charge in [-0.3, -0.25) is 0 Å². The average Bonchev–Trinajstić information content (AvgIpc) is 2.91. The second-order valence-corrected chi connectivity index (χ2v) is 7.05. The molecular weight excluding hydrogens is 264 g/mol. The normalized spacial score (nSPS) is 32.4. The fourth-order valence-corrected chi connectivity index (χ4v) is 3.80. The largest absolute Gasteiger partial charge is 0.389 e. The van der Waals surface area contributed by atoms with Crippen LogP contribution < -0.4 is 5.32 Å². The molecule has 1 saturated heterocycles. The second kappa shape index (κ2) is 9.09. The van der Waals surface area contributed by atoms with Gasteiger partial charge in [-0.25, -0.2) is 0 Å². The molecule has 124 valence electrons. The highest BCUT2D eigenvalue weighted by atomic mass is 16.5. The van der Waals surface area contributed by atoms with Crippen LogP contribution in [0.3, 0.4) is 0 Å². The molecule has 0 amide bonds. The molecule has 1 aliphatic carbocycles. The molecule has 1 heterocycles. The van der Waals surface area contributed by atoms with E-state index in [4.69, 9.17) is 4.74 Å². The number of likely N-dealkylation sites (tertiary alicyclic amines) is 1. The monoisotopic (exact) mass is 298 g/mol. The van der Waals surface area contributed by atoms with E-state index in [1.165, 1.54) is 51.6 Å². The molecule has 0 spiro atoms. The first-order valence-electron chi connectivity index (χ1n) is 8.88. The Kier molecular flexibility index (Phi) is 7.44. The number of nitrogens with zero attached hydrogens (tertiary/aromatic N) is 1. The Morgan fingerprint density at radius 3 is 2.81 bits per heavy atom. The first-order valence-corrected chi connectivity index (χ1v) is 8.88. The van der Waals surface area contributed by atoms with Gasteiger partial charge in [-0.1, -0.05) is 26.2 Å². The van der Waals surface area contributed by atoms with Gasteiger partial charge in [0, 0.05) is 13.1 Å². The molecule has 0 aromatic carbocycles. The van der Waals surface area contributed by atoms with Crippen molar-refractivity contribution in [2.75, 3.05) is 39.8 Å². The highest BCUT2D eigenvalue weighted by molar-refractivity contribution is 4.77. The summed E-state index contributed by atoms with van der Waals surface area (Å²) < 4.78 is 5.99. The van der Waals surface area contributed by atoms with E-state index in [9.17, 15) is 5.11 Å². The Balaban J connectivity index is 1.55. The van der Waals surface area contributed by atoms with Crippen LogP contribution in [-0.2, 0) is 4.74 Å². The predicted octanol–water partition coefficient (Wildman–Crippen LogP) is 1.87. The fourth-order valence-electron chi connectivity index (χ4n) is 3.80. The van der Waals surface area contributed by atoms with Crippen LogP contribution in [0.15, 0.2) is 0 Å². The van der Waals surface area contributed by atoms with Gasteiger partial charge >= 0.3 is 0 Å². The van der Waals surface area contributed by atoms with Gasteiger partial charge in [0.25, 0.3) is 0 Å². The van der Waals surface area contributed by atoms with Gasteiger partial charge in [0.15, 0.2) is 0 Å². The van der Waals surface area contributed by atoms with Crippen LogP contribution in [0.5, 0.6) is 0 Å². The Morgan fingerprint density at radius 1 is 1.29 bits per heavy atom. The molecule has 0 radical (unpaired) electrons. The highest BCUT2D eigenvalue weighted by Gasteiger charge is 2.25. The number of aliphatic hydroxyl groups excluding tert-OH is 1. The van der Waals surface area contributed by atoms with Crippen molar-refractivity contribution in [2.24, 2.45) is 11.8 Å². The molecular formula is C17H34N2O2. The fraction of sp³-hybridized carbons (Fsp3) is 1.00. The van der Waals surface area contributed by atoms with Crippen LogP contribution in [0.1, 0.15) is 45.4 Å². The van der Waals surface area contributed by atoms with E-state index in [0.717, 1.165) is 12.5 Å². The Morgan fingerprint density at radius 2 is 2.10 bits per heavy atom. The van der Waals surface area contributed by atoms with Gasteiger partial charge in [0.05, 0.1) is 18.8 Å². The Labute approximate surface area is 130 Å². The number of rotatable bonds is 8. The van der Waals surface area contributed by atoms with Crippen molar-refractivity contribution in [2.45, 2.75) is 57.7 Å². The van der Waals surface area contributed by atoms with Gasteiger partial charge in [-0.05, 0) is 51.2 Å². The summed E-state index contributed by atoms with van der Waals surface area (Å²) >= 11 is 0. The number of hydrogen-bond donors (Lipinski definition) is 2. The van der Waals surface area contributed by atoms with Gasteiger partial charge in [-0.2, -0.15) is 0 Å². The second-order valence-electron chi connectivity index (χ2n) is 7.05. The third kappa shape index (κ3) is 5.85. The summed E-state index contributed by atoms with van der Waals surface area (Å²) in [6.07, 6.45) is 7.58. The van der Waals surface area contributed by atoms with Crippen molar-refractivity contribution in [1.29, 1.82) is 0 Å². The minimum atomic E-state index is -0.372. The van der Waals surface area contributed by atoms with Crippen LogP contribution in [0.25, 0.3) is 0 Å². The van der Waals surface area contributed by atoms with E-state index in [2.05, 4.69) is 24.2 Å². The van der Waals surface area contributed by atoms with Crippen LogP contribution in [-0.4, -0.2) is 62.0 Å². The van der Waals surface area contributed by atoms with Crippen molar-refractivity contribution in [3.63, 3.8) is 0 Å². The number of ether oxygens (including phenoxy) is 1. The molecule has 2 N–H and O–H groups in total. The lowest BCUT2D eigenvalue weighted by molar-refractivity contribution is -0.0499. The van der Waals surface area contributed by atoms with E-state index in [1.54, 1.807) is 0 Å². The van der Waals surface area contributed by atoms with Crippen LogP contribution in [0.4, 0.5) is 0 Å². The summed E-state index contributed by atoms with van der Waals surface area (Å²) in [6, 6.07) is 0. The lowest BCUT2D eigenvalue weighted by Crippen LogP contribution is -2.36. The third-order valence-electron chi connectivity index (χ3n) is 5.17. The third-order valence-corrected chi connectivity index (χ3v) is 5.17. The summed E-state index contributed by atoms with van der Waals surface area (Å²) in [4.78, 5) is 2.37. The zero-order valence-corrected chi connectivity index (χ0v) is 13.9.